The molecule has 0 aromatic carbocycles. The normalized spacial score (nSPS) is 14.6. The van der Waals surface area contributed by atoms with E-state index < -0.39 is 0 Å². The van der Waals surface area contributed by atoms with Gasteiger partial charge >= 0.3 is 0 Å². The summed E-state index contributed by atoms with van der Waals surface area (Å²) in [6, 6.07) is 2.62. The fourth-order valence-corrected chi connectivity index (χ4v) is 2.14. The average molecular weight is 235 g/mol. The van der Waals surface area contributed by atoms with E-state index in [9.17, 15) is 0 Å². The van der Waals surface area contributed by atoms with Crippen LogP contribution in [-0.4, -0.2) is 22.6 Å². The summed E-state index contributed by atoms with van der Waals surface area (Å²) in [6.45, 7) is 9.87. The van der Waals surface area contributed by atoms with Crippen molar-refractivity contribution in [1.82, 2.24) is 15.3 Å². The highest BCUT2D eigenvalue weighted by Gasteiger charge is 2.18. The van der Waals surface area contributed by atoms with Crippen LogP contribution in [0.5, 0.6) is 0 Å². The molecule has 1 aromatic heterocycles. The van der Waals surface area contributed by atoms with Gasteiger partial charge in [0.1, 0.15) is 6.33 Å². The van der Waals surface area contributed by atoms with Gasteiger partial charge in [-0.25, -0.2) is 9.97 Å². The molecule has 96 valence electrons. The van der Waals surface area contributed by atoms with E-state index in [4.69, 9.17) is 0 Å². The maximum absolute atomic E-state index is 4.44. The Morgan fingerprint density at radius 3 is 2.59 bits per heavy atom. The predicted octanol–water partition coefficient (Wildman–Crippen LogP) is 2.92. The highest BCUT2D eigenvalue weighted by atomic mass is 14.9. The molecule has 3 heteroatoms. The molecule has 0 fully saturated rings. The van der Waals surface area contributed by atoms with Crippen LogP contribution in [0.1, 0.15) is 57.8 Å². The summed E-state index contributed by atoms with van der Waals surface area (Å²) in [7, 11) is 0. The molecule has 0 radical (unpaired) electrons. The van der Waals surface area contributed by atoms with Crippen LogP contribution in [0.25, 0.3) is 0 Å². The van der Waals surface area contributed by atoms with Crippen LogP contribution in [-0.2, 0) is 6.42 Å². The Bertz CT molecular complexity index is 325. The molecule has 0 spiro atoms. The zero-order chi connectivity index (χ0) is 12.7. The summed E-state index contributed by atoms with van der Waals surface area (Å²) in [5, 5.41) is 3.56. The van der Waals surface area contributed by atoms with Gasteiger partial charge in [0, 0.05) is 23.3 Å². The Labute approximate surface area is 105 Å². The third-order valence-electron chi connectivity index (χ3n) is 3.25. The highest BCUT2D eigenvalue weighted by molar-refractivity contribution is 5.14. The number of rotatable bonds is 7. The number of aryl methyl sites for hydroxylation is 1. The van der Waals surface area contributed by atoms with E-state index in [1.54, 1.807) is 6.33 Å². The van der Waals surface area contributed by atoms with Crippen LogP contribution in [0, 0.1) is 0 Å². The van der Waals surface area contributed by atoms with E-state index in [1.165, 1.54) is 12.1 Å². The lowest BCUT2D eigenvalue weighted by molar-refractivity contribution is 0.442. The van der Waals surface area contributed by atoms with Gasteiger partial charge in [-0.15, -0.1) is 0 Å². The van der Waals surface area contributed by atoms with Crippen LogP contribution >= 0.6 is 0 Å². The van der Waals surface area contributed by atoms with Crippen molar-refractivity contribution in [2.24, 2.45) is 0 Å². The lowest BCUT2D eigenvalue weighted by atomic mass is 9.93. The van der Waals surface area contributed by atoms with Gasteiger partial charge in [0.05, 0.1) is 0 Å². The number of aromatic nitrogens is 2. The first-order valence-electron chi connectivity index (χ1n) is 6.77. The van der Waals surface area contributed by atoms with E-state index in [1.807, 2.05) is 0 Å². The molecule has 2 atom stereocenters. The van der Waals surface area contributed by atoms with E-state index in [2.05, 4.69) is 49.0 Å². The number of hydrogen-bond donors (Lipinski definition) is 1. The van der Waals surface area contributed by atoms with Crippen molar-refractivity contribution in [1.29, 1.82) is 0 Å². The van der Waals surface area contributed by atoms with Gasteiger partial charge in [0.2, 0.25) is 0 Å². The molecule has 0 saturated carbocycles. The summed E-state index contributed by atoms with van der Waals surface area (Å²) >= 11 is 0. The third kappa shape index (κ3) is 4.08. The van der Waals surface area contributed by atoms with Crippen LogP contribution < -0.4 is 5.32 Å². The smallest absolute Gasteiger partial charge is 0.115 e. The largest absolute Gasteiger partial charge is 0.314 e. The molecule has 1 N–H and O–H groups in total. The fourth-order valence-electron chi connectivity index (χ4n) is 2.14. The van der Waals surface area contributed by atoms with Crippen molar-refractivity contribution in [3.05, 3.63) is 23.8 Å². The maximum atomic E-state index is 4.44. The van der Waals surface area contributed by atoms with Gasteiger partial charge in [-0.3, -0.25) is 0 Å². The molecule has 0 amide bonds. The first-order chi connectivity index (χ1) is 8.22. The van der Waals surface area contributed by atoms with Crippen molar-refractivity contribution in [2.45, 2.75) is 58.9 Å². The molecular formula is C14H25N3. The second-order valence-corrected chi connectivity index (χ2v) is 4.55. The lowest BCUT2D eigenvalue weighted by Crippen LogP contribution is -2.33. The van der Waals surface area contributed by atoms with E-state index in [0.29, 0.717) is 12.0 Å². The fraction of sp³-hybridized carbons (Fsp3) is 0.714. The van der Waals surface area contributed by atoms with Crippen LogP contribution in [0.2, 0.25) is 0 Å². The van der Waals surface area contributed by atoms with Crippen LogP contribution in [0.4, 0.5) is 0 Å². The molecule has 0 saturated heterocycles. The third-order valence-corrected chi connectivity index (χ3v) is 3.25. The van der Waals surface area contributed by atoms with Crippen molar-refractivity contribution < 1.29 is 0 Å². The summed E-state index contributed by atoms with van der Waals surface area (Å²) < 4.78 is 0. The molecule has 17 heavy (non-hydrogen) atoms. The minimum Gasteiger partial charge on any atom is -0.314 e. The molecule has 2 unspecified atom stereocenters. The summed E-state index contributed by atoms with van der Waals surface area (Å²) in [5.41, 5.74) is 2.31. The Hall–Kier alpha value is -0.960. The van der Waals surface area contributed by atoms with Crippen LogP contribution in [0.15, 0.2) is 12.4 Å². The topological polar surface area (TPSA) is 37.8 Å². The minimum absolute atomic E-state index is 0.472. The molecule has 0 aliphatic carbocycles. The van der Waals surface area contributed by atoms with Gasteiger partial charge in [0.15, 0.2) is 0 Å². The first kappa shape index (κ1) is 14.1. The molecule has 0 aliphatic rings. The Morgan fingerprint density at radius 1 is 1.24 bits per heavy atom. The zero-order valence-electron chi connectivity index (χ0n) is 11.5. The van der Waals surface area contributed by atoms with Gasteiger partial charge < -0.3 is 5.32 Å². The maximum Gasteiger partial charge on any atom is 0.115 e. The molecule has 1 aromatic rings. The molecule has 1 rings (SSSR count). The second kappa shape index (κ2) is 7.38. The molecule has 1 heterocycles. The number of hydrogen-bond acceptors (Lipinski definition) is 3. The van der Waals surface area contributed by atoms with Crippen molar-refractivity contribution in [3.63, 3.8) is 0 Å². The van der Waals surface area contributed by atoms with Gasteiger partial charge in [-0.05, 0) is 38.8 Å². The number of nitrogens with one attached hydrogen (secondary N) is 1. The van der Waals surface area contributed by atoms with E-state index >= 15 is 0 Å². The first-order valence-corrected chi connectivity index (χ1v) is 6.77. The summed E-state index contributed by atoms with van der Waals surface area (Å²) in [4.78, 5) is 8.70. The van der Waals surface area contributed by atoms with Crippen molar-refractivity contribution in [2.75, 3.05) is 6.54 Å². The Morgan fingerprint density at radius 2 is 2.00 bits per heavy atom. The van der Waals surface area contributed by atoms with Crippen LogP contribution in [0.3, 0.4) is 0 Å². The Kier molecular flexibility index (Phi) is 6.12. The molecule has 0 bridgehead atoms. The minimum atomic E-state index is 0.472. The van der Waals surface area contributed by atoms with Crippen molar-refractivity contribution in [3.8, 4) is 0 Å². The molecule has 3 nitrogen and oxygen atoms in total. The predicted molar refractivity (Wildman–Crippen MR) is 72.2 cm³/mol. The Balaban J connectivity index is 2.77. The average Bonchev–Trinajstić information content (AvgIpc) is 2.37. The lowest BCUT2D eigenvalue weighted by Gasteiger charge is -2.23. The monoisotopic (exact) mass is 235 g/mol. The quantitative estimate of drug-likeness (QED) is 0.789. The standard InChI is InChI=1S/C14H25N3/c1-5-8-15-11(4)13(7-3)14-9-12(6-2)16-10-17-14/h9-11,13,15H,5-8H2,1-4H3. The summed E-state index contributed by atoms with van der Waals surface area (Å²) in [5.74, 6) is 0.481. The zero-order valence-corrected chi connectivity index (χ0v) is 11.5. The highest BCUT2D eigenvalue weighted by Crippen LogP contribution is 2.21. The van der Waals surface area contributed by atoms with E-state index in [0.717, 1.165) is 25.1 Å². The molecule has 0 aliphatic heterocycles. The molecular weight excluding hydrogens is 210 g/mol. The van der Waals surface area contributed by atoms with Gasteiger partial charge in [0.25, 0.3) is 0 Å². The number of nitrogens with zero attached hydrogens (tertiary/aromatic N) is 2. The van der Waals surface area contributed by atoms with E-state index in [-0.39, 0.29) is 0 Å². The summed E-state index contributed by atoms with van der Waals surface area (Å²) in [6.07, 6.45) is 4.95. The second-order valence-electron chi connectivity index (χ2n) is 4.55. The van der Waals surface area contributed by atoms with Crippen molar-refractivity contribution >= 4 is 0 Å². The van der Waals surface area contributed by atoms with Gasteiger partial charge in [-0.1, -0.05) is 20.8 Å². The SMILES string of the molecule is CCCNC(C)C(CC)c1cc(CC)ncn1. The van der Waals surface area contributed by atoms with Gasteiger partial charge in [-0.2, -0.15) is 0 Å².